The Hall–Kier alpha value is 1.48. The average Bonchev–Trinajstić information content (AvgIpc) is 2.72. The quantitative estimate of drug-likeness (QED) is 0.485. The van der Waals surface area contributed by atoms with E-state index in [1.165, 1.54) is 25.7 Å². The molecule has 0 aromatic rings. The second kappa shape index (κ2) is 7.31. The zero-order chi connectivity index (χ0) is 11.7. The van der Waals surface area contributed by atoms with Crippen LogP contribution in [-0.2, 0) is 19.5 Å². The first kappa shape index (κ1) is 16.5. The fraction of sp³-hybridized carbons (Fsp3) is 1.00. The SMILES string of the molecule is C[C@H]1CC[C@H](C)P1CCP1[C@@H](C)CC[C@@H]1C.[Rh]. The van der Waals surface area contributed by atoms with Gasteiger partial charge in [-0.2, -0.15) is 0 Å². The molecular formula is C14H28P2Rh. The Bertz CT molecular complexity index is 190. The predicted molar refractivity (Wildman–Crippen MR) is 79.9 cm³/mol. The molecule has 2 aliphatic rings. The summed E-state index contributed by atoms with van der Waals surface area (Å²) >= 11 is 0. The molecule has 0 nitrogen and oxygen atoms in total. The molecule has 2 rings (SSSR count). The minimum absolute atomic E-state index is 0. The van der Waals surface area contributed by atoms with Gasteiger partial charge in [-0.25, -0.2) is 0 Å². The Morgan fingerprint density at radius 2 is 0.882 bits per heavy atom. The summed E-state index contributed by atoms with van der Waals surface area (Å²) in [5.41, 5.74) is 4.31. The zero-order valence-electron chi connectivity index (χ0n) is 11.8. The normalized spacial score (nSPS) is 39.5. The van der Waals surface area contributed by atoms with E-state index in [9.17, 15) is 0 Å². The summed E-state index contributed by atoms with van der Waals surface area (Å²) in [5.74, 6) is 0. The van der Waals surface area contributed by atoms with Crippen LogP contribution in [-0.4, -0.2) is 35.0 Å². The van der Waals surface area contributed by atoms with Gasteiger partial charge in [0, 0.05) is 19.5 Å². The molecule has 0 saturated carbocycles. The van der Waals surface area contributed by atoms with Crippen LogP contribution in [0.5, 0.6) is 0 Å². The predicted octanol–water partition coefficient (Wildman–Crippen LogP) is 5.09. The van der Waals surface area contributed by atoms with Gasteiger partial charge in [0.05, 0.1) is 0 Å². The van der Waals surface area contributed by atoms with E-state index in [0.29, 0.717) is 15.8 Å². The summed E-state index contributed by atoms with van der Waals surface area (Å²) in [6, 6.07) is 0. The first-order valence-electron chi connectivity index (χ1n) is 7.11. The third kappa shape index (κ3) is 3.97. The Morgan fingerprint density at radius 1 is 0.647 bits per heavy atom. The van der Waals surface area contributed by atoms with Crippen LogP contribution in [0.4, 0.5) is 0 Å². The van der Waals surface area contributed by atoms with Crippen molar-refractivity contribution in [3.63, 3.8) is 0 Å². The van der Waals surface area contributed by atoms with E-state index < -0.39 is 0 Å². The molecule has 0 bridgehead atoms. The molecule has 0 N–H and O–H groups in total. The van der Waals surface area contributed by atoms with Crippen molar-refractivity contribution in [2.24, 2.45) is 0 Å². The number of rotatable bonds is 3. The van der Waals surface area contributed by atoms with Gasteiger partial charge in [0.15, 0.2) is 0 Å². The minimum Gasteiger partial charge on any atom is -0.101 e. The first-order chi connectivity index (χ1) is 7.59. The van der Waals surface area contributed by atoms with Crippen molar-refractivity contribution in [2.45, 2.75) is 76.0 Å². The van der Waals surface area contributed by atoms with Gasteiger partial charge in [0.25, 0.3) is 0 Å². The van der Waals surface area contributed by atoms with Gasteiger partial charge < -0.3 is 0 Å². The maximum atomic E-state index is 2.52. The van der Waals surface area contributed by atoms with Crippen LogP contribution >= 0.6 is 15.8 Å². The molecular weight excluding hydrogens is 333 g/mol. The van der Waals surface area contributed by atoms with E-state index in [1.54, 1.807) is 12.3 Å². The third-order valence-electron chi connectivity index (χ3n) is 4.89. The van der Waals surface area contributed by atoms with Gasteiger partial charge in [-0.3, -0.25) is 0 Å². The smallest absolute Gasteiger partial charge is 0 e. The Labute approximate surface area is 123 Å². The van der Waals surface area contributed by atoms with Crippen molar-refractivity contribution in [1.82, 2.24) is 0 Å². The van der Waals surface area contributed by atoms with Crippen molar-refractivity contribution in [3.05, 3.63) is 0 Å². The van der Waals surface area contributed by atoms with Crippen LogP contribution in [0.3, 0.4) is 0 Å². The second-order valence-electron chi connectivity index (χ2n) is 6.03. The molecule has 2 saturated heterocycles. The molecule has 17 heavy (non-hydrogen) atoms. The van der Waals surface area contributed by atoms with Crippen LogP contribution in [0.25, 0.3) is 0 Å². The standard InChI is InChI=1S/C14H28P2.Rh/c1-11-5-6-12(2)15(11)9-10-16-13(3)7-8-14(16)4;/h11-14H,5-10H2,1-4H3;/t11-,12-,13-,14-;/m0./s1. The summed E-state index contributed by atoms with van der Waals surface area (Å²) in [5, 5.41) is 0. The van der Waals surface area contributed by atoms with Crippen molar-refractivity contribution >= 4 is 15.8 Å². The molecule has 0 aliphatic carbocycles. The summed E-state index contributed by atoms with van der Waals surface area (Å²) < 4.78 is 0. The molecule has 4 atom stereocenters. The number of hydrogen-bond donors (Lipinski definition) is 0. The van der Waals surface area contributed by atoms with Gasteiger partial charge in [-0.1, -0.05) is 27.7 Å². The van der Waals surface area contributed by atoms with Gasteiger partial charge in [0.1, 0.15) is 0 Å². The maximum Gasteiger partial charge on any atom is 0 e. The fourth-order valence-electron chi connectivity index (χ4n) is 3.61. The van der Waals surface area contributed by atoms with Crippen molar-refractivity contribution < 1.29 is 19.5 Å². The largest absolute Gasteiger partial charge is 0.101 e. The second-order valence-corrected chi connectivity index (χ2v) is 12.5. The van der Waals surface area contributed by atoms with Crippen molar-refractivity contribution in [2.75, 3.05) is 12.3 Å². The van der Waals surface area contributed by atoms with E-state index in [-0.39, 0.29) is 19.5 Å². The Morgan fingerprint density at radius 3 is 1.12 bits per heavy atom. The Kier molecular flexibility index (Phi) is 7.12. The summed E-state index contributed by atoms with van der Waals surface area (Å²) in [4.78, 5) is 0. The van der Waals surface area contributed by atoms with Crippen LogP contribution in [0.2, 0.25) is 0 Å². The zero-order valence-corrected chi connectivity index (χ0v) is 15.2. The first-order valence-corrected chi connectivity index (χ1v) is 10.4. The van der Waals surface area contributed by atoms with Gasteiger partial charge >= 0.3 is 0 Å². The molecule has 0 spiro atoms. The number of hydrogen-bond acceptors (Lipinski definition) is 0. The van der Waals surface area contributed by atoms with Crippen LogP contribution in [0.15, 0.2) is 0 Å². The molecule has 0 unspecified atom stereocenters. The molecule has 1 radical (unpaired) electrons. The monoisotopic (exact) mass is 361 g/mol. The molecule has 2 fully saturated rings. The van der Waals surface area contributed by atoms with Crippen molar-refractivity contribution in [1.29, 1.82) is 0 Å². The summed E-state index contributed by atoms with van der Waals surface area (Å²) in [7, 11) is 0.789. The van der Waals surface area contributed by atoms with Crippen molar-refractivity contribution in [3.8, 4) is 0 Å². The van der Waals surface area contributed by atoms with Crippen LogP contribution in [0.1, 0.15) is 53.4 Å². The Balaban J connectivity index is 0.00000144. The van der Waals surface area contributed by atoms with Crippen LogP contribution < -0.4 is 0 Å². The molecule has 2 heterocycles. The molecule has 0 aromatic carbocycles. The minimum atomic E-state index is 0. The van der Waals surface area contributed by atoms with Gasteiger partial charge in [-0.05, 0) is 60.6 Å². The van der Waals surface area contributed by atoms with E-state index in [4.69, 9.17) is 0 Å². The average molecular weight is 361 g/mol. The molecule has 103 valence electrons. The van der Waals surface area contributed by atoms with E-state index >= 15 is 0 Å². The fourth-order valence-corrected chi connectivity index (χ4v) is 10.9. The van der Waals surface area contributed by atoms with Crippen LogP contribution in [0, 0.1) is 0 Å². The third-order valence-corrected chi connectivity index (χ3v) is 12.3. The van der Waals surface area contributed by atoms with Gasteiger partial charge in [-0.15, -0.1) is 15.8 Å². The maximum absolute atomic E-state index is 2.52. The summed E-state index contributed by atoms with van der Waals surface area (Å²) in [6.07, 6.45) is 9.31. The van der Waals surface area contributed by atoms with Gasteiger partial charge in [0.2, 0.25) is 0 Å². The molecule has 0 aromatic heterocycles. The van der Waals surface area contributed by atoms with E-state index in [0.717, 1.165) is 22.6 Å². The molecule has 3 heteroatoms. The van der Waals surface area contributed by atoms with E-state index in [2.05, 4.69) is 27.7 Å². The topological polar surface area (TPSA) is 0 Å². The summed E-state index contributed by atoms with van der Waals surface area (Å²) in [6.45, 7) is 10.1. The molecule has 2 aliphatic heterocycles. The van der Waals surface area contributed by atoms with E-state index in [1.807, 2.05) is 0 Å². The molecule has 0 amide bonds.